The van der Waals surface area contributed by atoms with Crippen molar-refractivity contribution in [2.45, 2.75) is 63.4 Å². The van der Waals surface area contributed by atoms with Crippen LogP contribution in [0.15, 0.2) is 43.0 Å². The molecule has 1 aromatic carbocycles. The van der Waals surface area contributed by atoms with Gasteiger partial charge in [0.25, 0.3) is 0 Å². The molecule has 0 spiro atoms. The average Bonchev–Trinajstić information content (AvgIpc) is 3.54. The molecule has 1 aliphatic heterocycles. The van der Waals surface area contributed by atoms with E-state index in [4.69, 9.17) is 28.3 Å². The Morgan fingerprint density at radius 3 is 2.41 bits per heavy atom. The summed E-state index contributed by atoms with van der Waals surface area (Å²) in [5.41, 5.74) is 2.75. The zero-order valence-corrected chi connectivity index (χ0v) is 20.8. The monoisotopic (exact) mass is 496 g/mol. The van der Waals surface area contributed by atoms with Gasteiger partial charge < -0.3 is 4.74 Å². The van der Waals surface area contributed by atoms with Crippen LogP contribution in [0.4, 0.5) is 8.78 Å². The minimum atomic E-state index is -0.975. The molecule has 7 nitrogen and oxygen atoms in total. The Bertz CT molecular complexity index is 1350. The Balaban J connectivity index is 0.000000154. The predicted molar refractivity (Wildman–Crippen MR) is 139 cm³/mol. The van der Waals surface area contributed by atoms with E-state index in [9.17, 15) is 8.78 Å². The first kappa shape index (κ1) is 26.9. The van der Waals surface area contributed by atoms with Gasteiger partial charge in [0.2, 0.25) is 0 Å². The molecule has 6 rings (SSSR count). The van der Waals surface area contributed by atoms with Gasteiger partial charge in [0.05, 0.1) is 33.1 Å². The average molecular weight is 496 g/mol. The van der Waals surface area contributed by atoms with Crippen molar-refractivity contribution in [1.82, 2.24) is 29.7 Å². The molecule has 0 bridgehead atoms. The number of rotatable bonds is 2. The Morgan fingerprint density at radius 1 is 1.05 bits per heavy atom. The van der Waals surface area contributed by atoms with Crippen molar-refractivity contribution < 1.29 is 13.5 Å². The largest absolute Gasteiger partial charge is 0.401 e. The van der Waals surface area contributed by atoms with Crippen LogP contribution >= 0.6 is 0 Å². The second-order valence-electron chi connectivity index (χ2n) is 9.13. The van der Waals surface area contributed by atoms with Gasteiger partial charge in [0.1, 0.15) is 37.0 Å². The van der Waals surface area contributed by atoms with Gasteiger partial charge >= 0.3 is 0 Å². The highest BCUT2D eigenvalue weighted by Gasteiger charge is 2.24. The Morgan fingerprint density at radius 2 is 1.81 bits per heavy atom. The molecule has 0 N–H and O–H groups in total. The molecular formula is C25H25B3F2N6O. The molecule has 1 saturated carbocycles. The smallest absolute Gasteiger partial charge is 0.182 e. The van der Waals surface area contributed by atoms with E-state index < -0.39 is 17.0 Å². The molecule has 4 heterocycles. The van der Waals surface area contributed by atoms with Crippen LogP contribution in [0, 0.1) is 25.5 Å². The lowest BCUT2D eigenvalue weighted by Gasteiger charge is -2.35. The molecule has 1 aliphatic carbocycles. The minimum Gasteiger partial charge on any atom is -0.401 e. The van der Waals surface area contributed by atoms with Gasteiger partial charge in [-0.05, 0) is 63.1 Å². The van der Waals surface area contributed by atoms with Crippen LogP contribution in [0.25, 0.3) is 22.4 Å². The highest BCUT2D eigenvalue weighted by Crippen LogP contribution is 2.33. The van der Waals surface area contributed by atoms with Crippen LogP contribution in [0.2, 0.25) is 0 Å². The molecule has 12 heteroatoms. The second kappa shape index (κ2) is 11.5. The van der Waals surface area contributed by atoms with Gasteiger partial charge in [-0.3, -0.25) is 4.68 Å². The summed E-state index contributed by atoms with van der Waals surface area (Å²) >= 11 is 0. The number of hydrogen-bond acceptors (Lipinski definition) is 6. The SMILES string of the molecule is Cc1nc2ncnc(-c3ccc(F)cc3F)c2nc1C.[B]C1CCCC([B])([B])O1.c1cnn(C2CC2)c1. The van der Waals surface area contributed by atoms with Gasteiger partial charge in [0, 0.05) is 30.0 Å². The summed E-state index contributed by atoms with van der Waals surface area (Å²) in [4.78, 5) is 16.8. The number of fused-ring (bicyclic) bond motifs is 1. The molecule has 6 radical (unpaired) electrons. The topological polar surface area (TPSA) is 78.6 Å². The number of ether oxygens (including phenoxy) is 1. The Hall–Kier alpha value is -3.14. The normalized spacial score (nSPS) is 18.3. The molecule has 2 fully saturated rings. The first-order valence-corrected chi connectivity index (χ1v) is 12.0. The summed E-state index contributed by atoms with van der Waals surface area (Å²) < 4.78 is 33.9. The fraction of sp³-hybridized carbons (Fsp3) is 0.400. The summed E-state index contributed by atoms with van der Waals surface area (Å²) in [6.45, 7) is 3.63. The highest BCUT2D eigenvalue weighted by molar-refractivity contribution is 6.39. The zero-order valence-electron chi connectivity index (χ0n) is 20.8. The molecule has 1 atom stereocenters. The molecule has 1 saturated heterocycles. The third-order valence-corrected chi connectivity index (χ3v) is 5.94. The number of hydrogen-bond donors (Lipinski definition) is 0. The fourth-order valence-corrected chi connectivity index (χ4v) is 3.74. The molecule has 184 valence electrons. The Labute approximate surface area is 218 Å². The van der Waals surface area contributed by atoms with Gasteiger partial charge in [-0.25, -0.2) is 28.7 Å². The van der Waals surface area contributed by atoms with E-state index in [1.807, 2.05) is 30.1 Å². The fourth-order valence-electron chi connectivity index (χ4n) is 3.74. The van der Waals surface area contributed by atoms with Crippen molar-refractivity contribution in [3.05, 3.63) is 66.0 Å². The van der Waals surface area contributed by atoms with Crippen molar-refractivity contribution >= 4 is 34.7 Å². The number of nitrogens with zero attached hydrogens (tertiary/aromatic N) is 6. The quantitative estimate of drug-likeness (QED) is 0.393. The highest BCUT2D eigenvalue weighted by atomic mass is 19.1. The molecule has 4 aromatic rings. The number of halogens is 2. The maximum atomic E-state index is 13.9. The van der Waals surface area contributed by atoms with Crippen LogP contribution in [-0.4, -0.2) is 64.7 Å². The summed E-state index contributed by atoms with van der Waals surface area (Å²) in [5, 5.41) is 3.12. The second-order valence-corrected chi connectivity index (χ2v) is 9.13. The van der Waals surface area contributed by atoms with E-state index in [1.165, 1.54) is 31.3 Å². The van der Waals surface area contributed by atoms with Gasteiger partial charge in [0.15, 0.2) is 5.65 Å². The van der Waals surface area contributed by atoms with Crippen molar-refractivity contribution in [3.63, 3.8) is 0 Å². The molecule has 2 aliphatic rings. The first-order valence-electron chi connectivity index (χ1n) is 12.0. The third-order valence-electron chi connectivity index (χ3n) is 5.94. The van der Waals surface area contributed by atoms with Gasteiger partial charge in [-0.2, -0.15) is 5.10 Å². The number of benzene rings is 1. The predicted octanol–water partition coefficient (Wildman–Crippen LogP) is 3.87. The number of aromatic nitrogens is 6. The molecule has 1 unspecified atom stereocenters. The summed E-state index contributed by atoms with van der Waals surface area (Å²) in [5.74, 6) is -1.33. The van der Waals surface area contributed by atoms with Crippen molar-refractivity contribution in [2.24, 2.45) is 0 Å². The summed E-state index contributed by atoms with van der Waals surface area (Å²) in [6, 6.07) is 5.78. The first-order chi connectivity index (χ1) is 17.6. The summed E-state index contributed by atoms with van der Waals surface area (Å²) in [6.07, 6.45) is 10.3. The van der Waals surface area contributed by atoms with E-state index in [2.05, 4.69) is 25.0 Å². The van der Waals surface area contributed by atoms with Gasteiger partial charge in [-0.15, -0.1) is 0 Å². The van der Waals surface area contributed by atoms with Crippen molar-refractivity contribution in [1.29, 1.82) is 0 Å². The molecule has 37 heavy (non-hydrogen) atoms. The van der Waals surface area contributed by atoms with Crippen molar-refractivity contribution in [2.75, 3.05) is 0 Å². The third kappa shape index (κ3) is 7.22. The van der Waals surface area contributed by atoms with Crippen LogP contribution < -0.4 is 0 Å². The van der Waals surface area contributed by atoms with E-state index in [1.54, 1.807) is 6.92 Å². The molecular weight excluding hydrogens is 471 g/mol. The van der Waals surface area contributed by atoms with Crippen LogP contribution in [-0.2, 0) is 4.74 Å². The zero-order chi connectivity index (χ0) is 26.6. The van der Waals surface area contributed by atoms with Crippen LogP contribution in [0.3, 0.4) is 0 Å². The number of aryl methyl sites for hydroxylation is 2. The minimum absolute atomic E-state index is 0.177. The maximum absolute atomic E-state index is 13.9. The van der Waals surface area contributed by atoms with E-state index in [-0.39, 0.29) is 11.6 Å². The lowest BCUT2D eigenvalue weighted by atomic mass is 9.60. The van der Waals surface area contributed by atoms with Crippen LogP contribution in [0.1, 0.15) is 49.5 Å². The van der Waals surface area contributed by atoms with E-state index in [0.717, 1.165) is 36.3 Å². The maximum Gasteiger partial charge on any atom is 0.182 e. The lowest BCUT2D eigenvalue weighted by Crippen LogP contribution is -2.41. The summed E-state index contributed by atoms with van der Waals surface area (Å²) in [7, 11) is 16.3. The van der Waals surface area contributed by atoms with Crippen LogP contribution in [0.5, 0.6) is 0 Å². The molecule has 0 amide bonds. The van der Waals surface area contributed by atoms with E-state index in [0.29, 0.717) is 23.3 Å². The van der Waals surface area contributed by atoms with Crippen molar-refractivity contribution in [3.8, 4) is 11.3 Å². The van der Waals surface area contributed by atoms with E-state index >= 15 is 0 Å². The standard InChI is InChI=1S/C14H10F2N4.C6H8N2.C5H7B3O/c1-7-8(2)20-14-13(19-7)12(17-6-18-14)10-4-3-9(15)5-11(10)16;1-4-7-8(5-1)6-2-3-6;6-4-2-1-3-5(7,8)9-4/h3-6H,1-2H3;1,4-6H,2-3H2;4H,1-3H2. The lowest BCUT2D eigenvalue weighted by molar-refractivity contribution is 0.0123. The van der Waals surface area contributed by atoms with Gasteiger partial charge in [-0.1, -0.05) is 6.42 Å². The Kier molecular flexibility index (Phi) is 8.37. The molecule has 3 aromatic heterocycles.